The minimum Gasteiger partial charge on any atom is -0.497 e. The Balaban J connectivity index is 1.60. The number of benzene rings is 1. The molecule has 0 aliphatic heterocycles. The van der Waals surface area contributed by atoms with E-state index in [-0.39, 0.29) is 0 Å². The summed E-state index contributed by atoms with van der Waals surface area (Å²) in [7, 11) is 1.73. The van der Waals surface area contributed by atoms with E-state index in [1.807, 2.05) is 12.5 Å². The normalized spacial score (nSPS) is 17.3. The van der Waals surface area contributed by atoms with Gasteiger partial charge in [0, 0.05) is 25.3 Å². The van der Waals surface area contributed by atoms with Crippen molar-refractivity contribution in [3.05, 3.63) is 47.5 Å². The number of imidazole rings is 1. The van der Waals surface area contributed by atoms with Crippen molar-refractivity contribution >= 4 is 0 Å². The fraction of sp³-hybridized carbons (Fsp3) is 0.526. The molecule has 0 spiro atoms. The van der Waals surface area contributed by atoms with Crippen molar-refractivity contribution < 1.29 is 4.74 Å². The van der Waals surface area contributed by atoms with Crippen LogP contribution in [0.15, 0.2) is 30.7 Å². The van der Waals surface area contributed by atoms with Crippen molar-refractivity contribution in [1.29, 1.82) is 0 Å². The Labute approximate surface area is 138 Å². The van der Waals surface area contributed by atoms with E-state index < -0.39 is 0 Å². The van der Waals surface area contributed by atoms with Crippen LogP contribution >= 0.6 is 0 Å². The monoisotopic (exact) mass is 313 g/mol. The maximum Gasteiger partial charge on any atom is 0.119 e. The third-order valence-corrected chi connectivity index (χ3v) is 4.57. The smallest absolute Gasteiger partial charge is 0.119 e. The highest BCUT2D eigenvalue weighted by Crippen LogP contribution is 2.25. The van der Waals surface area contributed by atoms with Gasteiger partial charge in [0.1, 0.15) is 5.75 Å². The molecule has 1 atom stereocenters. The van der Waals surface area contributed by atoms with Crippen LogP contribution in [0.3, 0.4) is 0 Å². The van der Waals surface area contributed by atoms with Crippen molar-refractivity contribution in [3.8, 4) is 5.75 Å². The van der Waals surface area contributed by atoms with Gasteiger partial charge in [0.05, 0.1) is 19.1 Å². The molecule has 1 aliphatic rings. The first-order valence-electron chi connectivity index (χ1n) is 8.54. The topological polar surface area (TPSA) is 39.1 Å². The lowest BCUT2D eigenvalue weighted by molar-refractivity contribution is 0.410. The molecule has 1 aromatic heterocycles. The summed E-state index contributed by atoms with van der Waals surface area (Å²) >= 11 is 0. The highest BCUT2D eigenvalue weighted by atomic mass is 16.5. The fourth-order valence-corrected chi connectivity index (χ4v) is 3.34. The fourth-order valence-electron chi connectivity index (χ4n) is 3.34. The largest absolute Gasteiger partial charge is 0.497 e. The van der Waals surface area contributed by atoms with E-state index in [2.05, 4.69) is 46.9 Å². The Bertz CT molecular complexity index is 648. The van der Waals surface area contributed by atoms with Crippen LogP contribution < -0.4 is 10.1 Å². The van der Waals surface area contributed by atoms with E-state index in [0.717, 1.165) is 31.7 Å². The van der Waals surface area contributed by atoms with Crippen LogP contribution in [0.5, 0.6) is 5.75 Å². The zero-order valence-corrected chi connectivity index (χ0v) is 14.4. The number of hydrogen-bond donors (Lipinski definition) is 1. The molecule has 4 nitrogen and oxygen atoms in total. The zero-order chi connectivity index (χ0) is 16.2. The zero-order valence-electron chi connectivity index (χ0n) is 14.4. The number of methoxy groups -OCH3 is 1. The molecule has 124 valence electrons. The maximum atomic E-state index is 5.36. The first-order chi connectivity index (χ1) is 11.2. The van der Waals surface area contributed by atoms with Gasteiger partial charge in [-0.15, -0.1) is 0 Å². The third kappa shape index (κ3) is 3.94. The van der Waals surface area contributed by atoms with E-state index in [1.54, 1.807) is 7.11 Å². The number of nitrogens with zero attached hydrogens (tertiary/aromatic N) is 2. The molecule has 0 radical (unpaired) electrons. The summed E-state index contributed by atoms with van der Waals surface area (Å²) < 4.78 is 7.62. The molecular weight excluding hydrogens is 286 g/mol. The summed E-state index contributed by atoms with van der Waals surface area (Å²) in [5.74, 6) is 1.59. The van der Waals surface area contributed by atoms with Crippen LogP contribution in [0.1, 0.15) is 37.1 Å². The summed E-state index contributed by atoms with van der Waals surface area (Å²) in [6.07, 6.45) is 7.33. The number of rotatable bonds is 6. The van der Waals surface area contributed by atoms with Crippen molar-refractivity contribution in [2.45, 2.75) is 52.2 Å². The van der Waals surface area contributed by atoms with Crippen LogP contribution in [-0.2, 0) is 25.9 Å². The van der Waals surface area contributed by atoms with E-state index in [0.29, 0.717) is 12.0 Å². The SMILES string of the molecule is COc1ccc2c(c1)CC(NCc1cncn1CC(C)C)CC2. The van der Waals surface area contributed by atoms with Crippen LogP contribution in [-0.4, -0.2) is 22.7 Å². The predicted molar refractivity (Wildman–Crippen MR) is 92.7 cm³/mol. The molecule has 0 amide bonds. The van der Waals surface area contributed by atoms with E-state index in [4.69, 9.17) is 4.74 Å². The highest BCUT2D eigenvalue weighted by molar-refractivity contribution is 5.37. The molecule has 1 N–H and O–H groups in total. The molecule has 2 aromatic rings. The Hall–Kier alpha value is -1.81. The Kier molecular flexibility index (Phi) is 5.01. The number of aryl methyl sites for hydroxylation is 1. The molecule has 0 bridgehead atoms. The first kappa shape index (κ1) is 16.1. The van der Waals surface area contributed by atoms with Gasteiger partial charge in [-0.3, -0.25) is 0 Å². The molecular formula is C19H27N3O. The minimum absolute atomic E-state index is 0.525. The van der Waals surface area contributed by atoms with E-state index in [1.165, 1.54) is 23.2 Å². The average Bonchev–Trinajstić information content (AvgIpc) is 2.98. The molecule has 1 aromatic carbocycles. The summed E-state index contributed by atoms with van der Waals surface area (Å²) in [5.41, 5.74) is 4.16. The molecule has 0 saturated carbocycles. The summed E-state index contributed by atoms with van der Waals surface area (Å²) in [5, 5.41) is 3.71. The lowest BCUT2D eigenvalue weighted by atomic mass is 9.88. The van der Waals surface area contributed by atoms with Gasteiger partial charge in [-0.2, -0.15) is 0 Å². The van der Waals surface area contributed by atoms with E-state index in [9.17, 15) is 0 Å². The molecule has 0 fully saturated rings. The molecule has 1 aliphatic carbocycles. The number of fused-ring (bicyclic) bond motifs is 1. The molecule has 1 unspecified atom stereocenters. The minimum atomic E-state index is 0.525. The number of nitrogens with one attached hydrogen (secondary N) is 1. The van der Waals surface area contributed by atoms with Gasteiger partial charge in [-0.1, -0.05) is 19.9 Å². The van der Waals surface area contributed by atoms with Crippen LogP contribution in [0.4, 0.5) is 0 Å². The average molecular weight is 313 g/mol. The summed E-state index contributed by atoms with van der Waals surface area (Å²) in [6.45, 7) is 6.39. The van der Waals surface area contributed by atoms with Gasteiger partial charge in [-0.25, -0.2) is 4.98 Å². The van der Waals surface area contributed by atoms with Crippen LogP contribution in [0.25, 0.3) is 0 Å². The number of ether oxygens (including phenoxy) is 1. The summed E-state index contributed by atoms with van der Waals surface area (Å²) in [6, 6.07) is 6.99. The first-order valence-corrected chi connectivity index (χ1v) is 8.54. The van der Waals surface area contributed by atoms with E-state index >= 15 is 0 Å². The van der Waals surface area contributed by atoms with Crippen molar-refractivity contribution in [2.24, 2.45) is 5.92 Å². The predicted octanol–water partition coefficient (Wildman–Crippen LogP) is 3.19. The molecule has 1 heterocycles. The van der Waals surface area contributed by atoms with Gasteiger partial charge < -0.3 is 14.6 Å². The van der Waals surface area contributed by atoms with Crippen LogP contribution in [0.2, 0.25) is 0 Å². The van der Waals surface area contributed by atoms with Crippen molar-refractivity contribution in [1.82, 2.24) is 14.9 Å². The Morgan fingerprint density at radius 2 is 2.22 bits per heavy atom. The Morgan fingerprint density at radius 1 is 1.35 bits per heavy atom. The second-order valence-electron chi connectivity index (χ2n) is 6.89. The molecule has 0 saturated heterocycles. The van der Waals surface area contributed by atoms with Gasteiger partial charge in [0.2, 0.25) is 0 Å². The Morgan fingerprint density at radius 3 is 3.00 bits per heavy atom. The number of aromatic nitrogens is 2. The van der Waals surface area contributed by atoms with Gasteiger partial charge in [0.15, 0.2) is 0 Å². The number of hydrogen-bond acceptors (Lipinski definition) is 3. The quantitative estimate of drug-likeness (QED) is 0.890. The lowest BCUT2D eigenvalue weighted by Crippen LogP contribution is -2.34. The van der Waals surface area contributed by atoms with Gasteiger partial charge in [0.25, 0.3) is 0 Å². The second-order valence-corrected chi connectivity index (χ2v) is 6.89. The summed E-state index contributed by atoms with van der Waals surface area (Å²) in [4.78, 5) is 4.30. The second kappa shape index (κ2) is 7.18. The maximum absolute atomic E-state index is 5.36. The van der Waals surface area contributed by atoms with Gasteiger partial charge >= 0.3 is 0 Å². The lowest BCUT2D eigenvalue weighted by Gasteiger charge is -2.26. The highest BCUT2D eigenvalue weighted by Gasteiger charge is 2.19. The van der Waals surface area contributed by atoms with Gasteiger partial charge in [-0.05, 0) is 48.4 Å². The van der Waals surface area contributed by atoms with Crippen molar-refractivity contribution in [3.63, 3.8) is 0 Å². The molecule has 3 rings (SSSR count). The molecule has 23 heavy (non-hydrogen) atoms. The van der Waals surface area contributed by atoms with Crippen molar-refractivity contribution in [2.75, 3.05) is 7.11 Å². The third-order valence-electron chi connectivity index (χ3n) is 4.57. The van der Waals surface area contributed by atoms with Crippen LogP contribution in [0, 0.1) is 5.92 Å². The standard InChI is InChI=1S/C19H27N3O/c1-14(2)12-22-13-20-10-18(22)11-21-17-6-4-15-5-7-19(23-3)9-16(15)8-17/h5,7,9-10,13-14,17,21H,4,6,8,11-12H2,1-3H3. The molecule has 4 heteroatoms.